The van der Waals surface area contributed by atoms with Gasteiger partial charge in [-0.15, -0.1) is 0 Å². The first-order chi connectivity index (χ1) is 12.6. The van der Waals surface area contributed by atoms with Crippen molar-refractivity contribution in [3.8, 4) is 0 Å². The summed E-state index contributed by atoms with van der Waals surface area (Å²) in [5.41, 5.74) is 0.994. The molecule has 0 bridgehead atoms. The molecule has 2 heterocycles. The number of hydrogen-bond donors (Lipinski definition) is 0. The minimum absolute atomic E-state index is 0.0444. The van der Waals surface area contributed by atoms with Gasteiger partial charge in [-0.1, -0.05) is 35.5 Å². The molecule has 1 aliphatic rings. The molecular formula is C18H22N4O4. The third-order valence-electron chi connectivity index (χ3n) is 4.34. The van der Waals surface area contributed by atoms with Crippen LogP contribution in [0.25, 0.3) is 0 Å². The Morgan fingerprint density at radius 2 is 2.00 bits per heavy atom. The number of aromatic nitrogens is 2. The van der Waals surface area contributed by atoms with Gasteiger partial charge in [-0.2, -0.15) is 4.98 Å². The number of carbonyl (C=O) groups excluding carboxylic acids is 2. The van der Waals surface area contributed by atoms with Gasteiger partial charge in [-0.25, -0.2) is 0 Å². The highest BCUT2D eigenvalue weighted by Crippen LogP contribution is 2.18. The van der Waals surface area contributed by atoms with Gasteiger partial charge in [0.05, 0.1) is 6.61 Å². The molecule has 0 saturated carbocycles. The van der Waals surface area contributed by atoms with Crippen molar-refractivity contribution < 1.29 is 18.8 Å². The molecule has 2 amide bonds. The summed E-state index contributed by atoms with van der Waals surface area (Å²) >= 11 is 0. The summed E-state index contributed by atoms with van der Waals surface area (Å²) in [6, 6.07) is 9.05. The zero-order valence-electron chi connectivity index (χ0n) is 14.9. The van der Waals surface area contributed by atoms with Crippen LogP contribution < -0.4 is 0 Å². The molecule has 0 aliphatic carbocycles. The number of hydrogen-bond acceptors (Lipinski definition) is 6. The van der Waals surface area contributed by atoms with Gasteiger partial charge in [0, 0.05) is 20.1 Å². The number of nitrogens with zero attached hydrogens (tertiary/aromatic N) is 4. The molecule has 8 heteroatoms. The number of amides is 2. The van der Waals surface area contributed by atoms with Crippen LogP contribution in [0.1, 0.15) is 24.2 Å². The Hall–Kier alpha value is -2.74. The summed E-state index contributed by atoms with van der Waals surface area (Å²) in [5.74, 6) is 0.619. The molecule has 0 N–H and O–H groups in total. The average molecular weight is 358 g/mol. The van der Waals surface area contributed by atoms with E-state index in [4.69, 9.17) is 9.26 Å². The maximum absolute atomic E-state index is 12.7. The second-order valence-electron chi connectivity index (χ2n) is 6.22. The summed E-state index contributed by atoms with van der Waals surface area (Å²) in [5, 5.41) is 3.86. The van der Waals surface area contributed by atoms with Gasteiger partial charge in [0.1, 0.15) is 19.1 Å². The SMILES string of the molecule is COCCc1noc(CN2C(=O)CN(Cc3ccccc3)C(=O)[C@H]2C)n1. The number of rotatable bonds is 7. The number of ether oxygens (including phenoxy) is 1. The second kappa shape index (κ2) is 8.09. The van der Waals surface area contributed by atoms with Crippen LogP contribution in [0.15, 0.2) is 34.9 Å². The number of carbonyl (C=O) groups is 2. The fraction of sp³-hybridized carbons (Fsp3) is 0.444. The smallest absolute Gasteiger partial charge is 0.246 e. The van der Waals surface area contributed by atoms with Crippen LogP contribution in [0.3, 0.4) is 0 Å². The van der Waals surface area contributed by atoms with Crippen LogP contribution in [0.4, 0.5) is 0 Å². The minimum Gasteiger partial charge on any atom is -0.384 e. The standard InChI is InChI=1S/C18H22N4O4/c1-13-18(24)21(10-14-6-4-3-5-7-14)12-17(23)22(13)11-16-19-15(20-26-16)8-9-25-2/h3-7,13H,8-12H2,1-2H3/t13-/m1/s1. The van der Waals surface area contributed by atoms with Crippen molar-refractivity contribution in [2.45, 2.75) is 32.5 Å². The second-order valence-corrected chi connectivity index (χ2v) is 6.22. The number of methoxy groups -OCH3 is 1. The van der Waals surface area contributed by atoms with Gasteiger partial charge in [0.15, 0.2) is 5.82 Å². The van der Waals surface area contributed by atoms with Gasteiger partial charge in [0.2, 0.25) is 17.7 Å². The van der Waals surface area contributed by atoms with Crippen LogP contribution in [-0.2, 0) is 33.8 Å². The van der Waals surface area contributed by atoms with E-state index in [2.05, 4.69) is 10.1 Å². The molecule has 1 aliphatic heterocycles. The molecule has 1 aromatic heterocycles. The quantitative estimate of drug-likeness (QED) is 0.734. The maximum atomic E-state index is 12.7. The van der Waals surface area contributed by atoms with Gasteiger partial charge in [-0.05, 0) is 12.5 Å². The molecule has 26 heavy (non-hydrogen) atoms. The van der Waals surface area contributed by atoms with Crippen molar-refractivity contribution in [1.82, 2.24) is 19.9 Å². The van der Waals surface area contributed by atoms with Gasteiger partial charge in [0.25, 0.3) is 0 Å². The van der Waals surface area contributed by atoms with Gasteiger partial charge in [-0.3, -0.25) is 9.59 Å². The van der Waals surface area contributed by atoms with Crippen LogP contribution >= 0.6 is 0 Å². The van der Waals surface area contributed by atoms with E-state index in [0.717, 1.165) is 5.56 Å². The van der Waals surface area contributed by atoms with Crippen molar-refractivity contribution >= 4 is 11.8 Å². The highest BCUT2D eigenvalue weighted by molar-refractivity contribution is 5.94. The van der Waals surface area contributed by atoms with Crippen molar-refractivity contribution in [3.05, 3.63) is 47.6 Å². The van der Waals surface area contributed by atoms with Crippen molar-refractivity contribution in [2.24, 2.45) is 0 Å². The Morgan fingerprint density at radius 3 is 2.73 bits per heavy atom. The fourth-order valence-electron chi connectivity index (χ4n) is 2.90. The summed E-state index contributed by atoms with van der Waals surface area (Å²) < 4.78 is 10.2. The first kappa shape index (κ1) is 18.1. The Morgan fingerprint density at radius 1 is 1.23 bits per heavy atom. The van der Waals surface area contributed by atoms with Crippen LogP contribution in [0, 0.1) is 0 Å². The largest absolute Gasteiger partial charge is 0.384 e. The summed E-state index contributed by atoms with van der Waals surface area (Å²) in [6.45, 7) is 2.81. The number of benzene rings is 1. The lowest BCUT2D eigenvalue weighted by atomic mass is 10.1. The zero-order chi connectivity index (χ0) is 18.5. The third-order valence-corrected chi connectivity index (χ3v) is 4.34. The van der Waals surface area contributed by atoms with Crippen molar-refractivity contribution in [1.29, 1.82) is 0 Å². The maximum Gasteiger partial charge on any atom is 0.246 e. The lowest BCUT2D eigenvalue weighted by Gasteiger charge is -2.38. The van der Waals surface area contributed by atoms with E-state index in [0.29, 0.717) is 31.3 Å². The van der Waals surface area contributed by atoms with E-state index in [-0.39, 0.29) is 24.9 Å². The Kier molecular flexibility index (Phi) is 5.62. The van der Waals surface area contributed by atoms with Gasteiger partial charge < -0.3 is 19.1 Å². The lowest BCUT2D eigenvalue weighted by Crippen LogP contribution is -2.58. The summed E-state index contributed by atoms with van der Waals surface area (Å²) in [6.07, 6.45) is 0.535. The van der Waals surface area contributed by atoms with E-state index >= 15 is 0 Å². The van der Waals surface area contributed by atoms with Crippen LogP contribution in [0.2, 0.25) is 0 Å². The first-order valence-electron chi connectivity index (χ1n) is 8.51. The molecule has 0 spiro atoms. The Balaban J connectivity index is 1.64. The van der Waals surface area contributed by atoms with Crippen LogP contribution in [0.5, 0.6) is 0 Å². The van der Waals surface area contributed by atoms with Crippen molar-refractivity contribution in [2.75, 3.05) is 20.3 Å². The molecule has 138 valence electrons. The molecule has 1 fully saturated rings. The molecule has 0 unspecified atom stereocenters. The van der Waals surface area contributed by atoms with E-state index < -0.39 is 6.04 Å². The highest BCUT2D eigenvalue weighted by atomic mass is 16.5. The summed E-state index contributed by atoms with van der Waals surface area (Å²) in [7, 11) is 1.60. The van der Waals surface area contributed by atoms with E-state index in [9.17, 15) is 9.59 Å². The zero-order valence-corrected chi connectivity index (χ0v) is 14.9. The van der Waals surface area contributed by atoms with E-state index in [1.807, 2.05) is 30.3 Å². The lowest BCUT2D eigenvalue weighted by molar-refractivity contribution is -0.156. The van der Waals surface area contributed by atoms with E-state index in [1.54, 1.807) is 18.9 Å². The number of piperazine rings is 1. The third kappa shape index (κ3) is 4.08. The minimum atomic E-state index is -0.575. The molecule has 3 rings (SSSR count). The molecule has 1 saturated heterocycles. The van der Waals surface area contributed by atoms with Crippen molar-refractivity contribution in [3.63, 3.8) is 0 Å². The monoisotopic (exact) mass is 358 g/mol. The summed E-state index contributed by atoms with van der Waals surface area (Å²) in [4.78, 5) is 32.5. The Labute approximate surface area is 151 Å². The molecule has 0 radical (unpaired) electrons. The fourth-order valence-corrected chi connectivity index (χ4v) is 2.90. The average Bonchev–Trinajstić information content (AvgIpc) is 3.10. The molecule has 8 nitrogen and oxygen atoms in total. The topological polar surface area (TPSA) is 88.8 Å². The first-order valence-corrected chi connectivity index (χ1v) is 8.51. The molecule has 1 aromatic carbocycles. The molecule has 1 atom stereocenters. The molecule has 2 aromatic rings. The predicted molar refractivity (Wildman–Crippen MR) is 91.7 cm³/mol. The van der Waals surface area contributed by atoms with Crippen LogP contribution in [-0.4, -0.2) is 58.1 Å². The highest BCUT2D eigenvalue weighted by Gasteiger charge is 2.37. The van der Waals surface area contributed by atoms with Gasteiger partial charge >= 0.3 is 0 Å². The van der Waals surface area contributed by atoms with E-state index in [1.165, 1.54) is 4.90 Å². The predicted octanol–water partition coefficient (Wildman–Crippen LogP) is 1.02. The normalized spacial score (nSPS) is 17.8. The molecular weight excluding hydrogens is 336 g/mol. The Bertz CT molecular complexity index is 762.